The number of anilines is 2. The third-order valence-corrected chi connectivity index (χ3v) is 4.34. The van der Waals surface area contributed by atoms with Crippen LogP contribution < -0.4 is 11.1 Å². The van der Waals surface area contributed by atoms with Crippen molar-refractivity contribution in [1.29, 1.82) is 0 Å². The Morgan fingerprint density at radius 3 is 2.65 bits per heavy atom. The molecular formula is C18H22FN3S. The van der Waals surface area contributed by atoms with Crippen molar-refractivity contribution in [3.8, 4) is 0 Å². The molecule has 23 heavy (non-hydrogen) atoms. The molecule has 0 radical (unpaired) electrons. The number of nitrogen functional groups attached to an aromatic ring is 1. The lowest BCUT2D eigenvalue weighted by Crippen LogP contribution is -2.03. The first-order valence-electron chi connectivity index (χ1n) is 7.67. The van der Waals surface area contributed by atoms with Crippen LogP contribution in [0.3, 0.4) is 0 Å². The maximum absolute atomic E-state index is 12.9. The van der Waals surface area contributed by atoms with Gasteiger partial charge < -0.3 is 11.1 Å². The van der Waals surface area contributed by atoms with E-state index in [0.29, 0.717) is 5.82 Å². The summed E-state index contributed by atoms with van der Waals surface area (Å²) < 4.78 is 12.9. The van der Waals surface area contributed by atoms with E-state index in [1.54, 1.807) is 23.9 Å². The fourth-order valence-electron chi connectivity index (χ4n) is 2.02. The van der Waals surface area contributed by atoms with Gasteiger partial charge in [-0.15, -0.1) is 11.8 Å². The van der Waals surface area contributed by atoms with Crippen LogP contribution in [0.15, 0.2) is 53.7 Å². The highest BCUT2D eigenvalue weighted by Gasteiger charge is 2.05. The Kier molecular flexibility index (Phi) is 6.47. The van der Waals surface area contributed by atoms with E-state index in [-0.39, 0.29) is 5.82 Å². The Bertz CT molecular complexity index is 656. The van der Waals surface area contributed by atoms with E-state index in [0.717, 1.165) is 47.0 Å². The second-order valence-corrected chi connectivity index (χ2v) is 6.33. The molecule has 5 heteroatoms. The van der Waals surface area contributed by atoms with Gasteiger partial charge in [0.05, 0.1) is 10.7 Å². The zero-order chi connectivity index (χ0) is 16.7. The number of allylic oxidation sites excluding steroid dienone is 1. The van der Waals surface area contributed by atoms with Crippen LogP contribution >= 0.6 is 11.8 Å². The number of nitrogens with zero attached hydrogens (tertiary/aromatic N) is 1. The Hall–Kier alpha value is -2.01. The Morgan fingerprint density at radius 2 is 2.00 bits per heavy atom. The number of rotatable bonds is 8. The van der Waals surface area contributed by atoms with Crippen molar-refractivity contribution < 1.29 is 4.39 Å². The minimum absolute atomic E-state index is 0.222. The third kappa shape index (κ3) is 5.60. The number of halogens is 1. The van der Waals surface area contributed by atoms with Gasteiger partial charge in [-0.25, -0.2) is 9.37 Å². The molecule has 0 saturated heterocycles. The average molecular weight is 331 g/mol. The van der Waals surface area contributed by atoms with Crippen molar-refractivity contribution in [3.63, 3.8) is 0 Å². The van der Waals surface area contributed by atoms with E-state index in [4.69, 9.17) is 5.73 Å². The molecule has 0 spiro atoms. The molecule has 0 amide bonds. The highest BCUT2D eigenvalue weighted by atomic mass is 32.2. The predicted molar refractivity (Wildman–Crippen MR) is 96.9 cm³/mol. The summed E-state index contributed by atoms with van der Waals surface area (Å²) in [7, 11) is 0. The predicted octanol–water partition coefficient (Wildman–Crippen LogP) is 5.21. The molecule has 0 aliphatic rings. The van der Waals surface area contributed by atoms with Gasteiger partial charge >= 0.3 is 0 Å². The summed E-state index contributed by atoms with van der Waals surface area (Å²) >= 11 is 1.57. The van der Waals surface area contributed by atoms with E-state index in [9.17, 15) is 4.39 Å². The lowest BCUT2D eigenvalue weighted by Gasteiger charge is -2.12. The summed E-state index contributed by atoms with van der Waals surface area (Å²) in [6.45, 7) is 6.15. The van der Waals surface area contributed by atoms with Crippen molar-refractivity contribution in [2.45, 2.75) is 37.0 Å². The van der Waals surface area contributed by atoms with E-state index >= 15 is 0 Å². The Balaban J connectivity index is 1.93. The van der Waals surface area contributed by atoms with Crippen molar-refractivity contribution in [2.24, 2.45) is 0 Å². The highest BCUT2D eigenvalue weighted by Crippen LogP contribution is 2.26. The van der Waals surface area contributed by atoms with Crippen LogP contribution in [0.4, 0.5) is 15.9 Å². The van der Waals surface area contributed by atoms with Gasteiger partial charge in [0.2, 0.25) is 0 Å². The van der Waals surface area contributed by atoms with E-state index < -0.39 is 0 Å². The number of thioether (sulfide) groups is 1. The summed E-state index contributed by atoms with van der Waals surface area (Å²) in [6, 6.07) is 10.3. The van der Waals surface area contributed by atoms with Gasteiger partial charge in [0, 0.05) is 11.4 Å². The molecule has 3 nitrogen and oxygen atoms in total. The van der Waals surface area contributed by atoms with Crippen LogP contribution in [-0.4, -0.2) is 4.98 Å². The molecule has 1 aromatic heterocycles. The first-order valence-corrected chi connectivity index (χ1v) is 8.65. The zero-order valence-electron chi connectivity index (χ0n) is 13.3. The van der Waals surface area contributed by atoms with Crippen LogP contribution in [0, 0.1) is 5.82 Å². The summed E-state index contributed by atoms with van der Waals surface area (Å²) in [6.07, 6.45) is 3.16. The number of hydrogen-bond acceptors (Lipinski definition) is 4. The maximum atomic E-state index is 12.9. The van der Waals surface area contributed by atoms with Crippen LogP contribution in [0.1, 0.15) is 31.7 Å². The van der Waals surface area contributed by atoms with Gasteiger partial charge in [0.1, 0.15) is 11.6 Å². The second-order valence-electron chi connectivity index (χ2n) is 5.33. The quantitative estimate of drug-likeness (QED) is 0.652. The number of hydrogen-bond donors (Lipinski definition) is 2. The van der Waals surface area contributed by atoms with Gasteiger partial charge in [-0.05, 0) is 42.7 Å². The van der Waals surface area contributed by atoms with Crippen molar-refractivity contribution in [3.05, 3.63) is 60.1 Å². The standard InChI is InChI=1S/C18H22FN3S/c1-3-4-5-13(2)21-16-10-11-17(22-18(16)20)23-12-14-6-8-15(19)9-7-14/h6-11,21H,2-5,12H2,1H3,(H2,20,22). The van der Waals surface area contributed by atoms with Gasteiger partial charge in [-0.2, -0.15) is 0 Å². The molecule has 0 saturated carbocycles. The molecule has 3 N–H and O–H groups in total. The maximum Gasteiger partial charge on any atom is 0.148 e. The van der Waals surface area contributed by atoms with Crippen LogP contribution in [-0.2, 0) is 5.75 Å². The van der Waals surface area contributed by atoms with Crippen LogP contribution in [0.2, 0.25) is 0 Å². The number of aromatic nitrogens is 1. The first kappa shape index (κ1) is 17.3. The molecule has 2 aromatic rings. The minimum Gasteiger partial charge on any atom is -0.382 e. The lowest BCUT2D eigenvalue weighted by molar-refractivity contribution is 0.627. The van der Waals surface area contributed by atoms with Gasteiger partial charge in [0.25, 0.3) is 0 Å². The molecule has 0 atom stereocenters. The molecule has 0 aliphatic heterocycles. The number of nitrogens with one attached hydrogen (secondary N) is 1. The Morgan fingerprint density at radius 1 is 1.26 bits per heavy atom. The molecule has 0 unspecified atom stereocenters. The summed E-state index contributed by atoms with van der Waals surface area (Å²) in [4.78, 5) is 4.40. The monoisotopic (exact) mass is 331 g/mol. The molecule has 1 heterocycles. The lowest BCUT2D eigenvalue weighted by atomic mass is 10.2. The largest absolute Gasteiger partial charge is 0.382 e. The first-order chi connectivity index (χ1) is 11.1. The summed E-state index contributed by atoms with van der Waals surface area (Å²) in [5.41, 5.74) is 8.80. The van der Waals surface area contributed by atoms with Crippen molar-refractivity contribution in [2.75, 3.05) is 11.1 Å². The van der Waals surface area contributed by atoms with Crippen molar-refractivity contribution >= 4 is 23.3 Å². The topological polar surface area (TPSA) is 50.9 Å². The van der Waals surface area contributed by atoms with E-state index in [1.807, 2.05) is 12.1 Å². The molecule has 0 aliphatic carbocycles. The summed E-state index contributed by atoms with van der Waals surface area (Å²) in [5.74, 6) is 0.967. The molecular weight excluding hydrogens is 309 g/mol. The number of benzene rings is 1. The molecule has 0 bridgehead atoms. The zero-order valence-corrected chi connectivity index (χ0v) is 14.1. The average Bonchev–Trinajstić information content (AvgIpc) is 2.54. The SMILES string of the molecule is C=C(CCCC)Nc1ccc(SCc2ccc(F)cc2)nc1N. The second kappa shape index (κ2) is 8.58. The van der Waals surface area contributed by atoms with Crippen molar-refractivity contribution in [1.82, 2.24) is 4.98 Å². The highest BCUT2D eigenvalue weighted by molar-refractivity contribution is 7.98. The molecule has 1 aromatic carbocycles. The fraction of sp³-hybridized carbons (Fsp3) is 0.278. The normalized spacial score (nSPS) is 10.5. The third-order valence-electron chi connectivity index (χ3n) is 3.34. The fourth-order valence-corrected chi connectivity index (χ4v) is 2.86. The van der Waals surface area contributed by atoms with Gasteiger partial charge in [-0.3, -0.25) is 0 Å². The van der Waals surface area contributed by atoms with E-state index in [1.165, 1.54) is 12.1 Å². The number of pyridine rings is 1. The Labute approximate surface area is 141 Å². The molecule has 2 rings (SSSR count). The molecule has 122 valence electrons. The van der Waals surface area contributed by atoms with Gasteiger partial charge in [-0.1, -0.05) is 32.1 Å². The van der Waals surface area contributed by atoms with Gasteiger partial charge in [0.15, 0.2) is 0 Å². The minimum atomic E-state index is -0.222. The smallest absolute Gasteiger partial charge is 0.148 e. The number of unbranched alkanes of at least 4 members (excludes halogenated alkanes) is 1. The van der Waals surface area contributed by atoms with Crippen LogP contribution in [0.25, 0.3) is 0 Å². The number of nitrogens with two attached hydrogens (primary N) is 1. The van der Waals surface area contributed by atoms with Crippen LogP contribution in [0.5, 0.6) is 0 Å². The molecule has 0 fully saturated rings. The summed E-state index contributed by atoms with van der Waals surface area (Å²) in [5, 5.41) is 4.06. The van der Waals surface area contributed by atoms with E-state index in [2.05, 4.69) is 23.8 Å².